The first-order chi connectivity index (χ1) is 9.68. The maximum atomic E-state index is 10.6. The number of esters is 3. The molecule has 0 unspecified atom stereocenters. The van der Waals surface area contributed by atoms with Crippen LogP contribution in [0.4, 0.5) is 0 Å². The first-order valence-electron chi connectivity index (χ1n) is 6.34. The van der Waals surface area contributed by atoms with Crippen LogP contribution in [0.2, 0.25) is 0 Å². The monoisotopic (exact) mass is 306 g/mol. The predicted molar refractivity (Wildman–Crippen MR) is 71.4 cm³/mol. The average Bonchev–Trinajstić information content (AvgIpc) is 2.32. The molecule has 0 aromatic rings. The first kappa shape index (κ1) is 21.2. The zero-order valence-corrected chi connectivity index (χ0v) is 12.7. The second kappa shape index (κ2) is 12.9. The number of ether oxygens (including phenoxy) is 3. The van der Waals surface area contributed by atoms with E-state index in [0.717, 1.165) is 6.42 Å². The molecule has 8 nitrogen and oxygen atoms in total. The van der Waals surface area contributed by atoms with Crippen LogP contribution in [-0.4, -0.2) is 48.3 Å². The third-order valence-corrected chi connectivity index (χ3v) is 1.74. The van der Waals surface area contributed by atoms with Crippen LogP contribution in [0.25, 0.3) is 0 Å². The minimum absolute atomic E-state index is 0.123. The summed E-state index contributed by atoms with van der Waals surface area (Å²) >= 11 is 0. The molecule has 0 rings (SSSR count). The van der Waals surface area contributed by atoms with Crippen LogP contribution in [-0.2, 0) is 33.4 Å². The quantitative estimate of drug-likeness (QED) is 0.545. The summed E-state index contributed by atoms with van der Waals surface area (Å²) in [5, 5.41) is 7.91. The lowest BCUT2D eigenvalue weighted by Gasteiger charge is -2.15. The summed E-state index contributed by atoms with van der Waals surface area (Å²) in [6.45, 7) is 5.28. The highest BCUT2D eigenvalue weighted by molar-refractivity contribution is 5.67. The van der Waals surface area contributed by atoms with E-state index in [0.29, 0.717) is 6.42 Å². The normalized spacial score (nSPS) is 9.19. The number of carboxylic acid groups (broad SMARTS) is 1. The Morgan fingerprint density at radius 2 is 1.33 bits per heavy atom. The van der Waals surface area contributed by atoms with E-state index in [2.05, 4.69) is 9.47 Å². The fourth-order valence-electron chi connectivity index (χ4n) is 0.985. The lowest BCUT2D eigenvalue weighted by molar-refractivity contribution is -0.163. The highest BCUT2D eigenvalue weighted by Gasteiger charge is 2.15. The highest BCUT2D eigenvalue weighted by atomic mass is 16.6. The van der Waals surface area contributed by atoms with Crippen molar-refractivity contribution in [1.82, 2.24) is 0 Å². The number of rotatable bonds is 7. The molecule has 0 aromatic heterocycles. The van der Waals surface area contributed by atoms with Crippen molar-refractivity contribution < 1.29 is 38.5 Å². The van der Waals surface area contributed by atoms with E-state index in [4.69, 9.17) is 9.84 Å². The van der Waals surface area contributed by atoms with E-state index in [-0.39, 0.29) is 13.2 Å². The van der Waals surface area contributed by atoms with Gasteiger partial charge in [0.1, 0.15) is 13.2 Å². The Kier molecular flexibility index (Phi) is 13.0. The van der Waals surface area contributed by atoms with Crippen LogP contribution in [0.15, 0.2) is 0 Å². The van der Waals surface area contributed by atoms with Gasteiger partial charge in [0.05, 0.1) is 0 Å². The lowest BCUT2D eigenvalue weighted by Crippen LogP contribution is -2.29. The Morgan fingerprint density at radius 3 is 1.52 bits per heavy atom. The van der Waals surface area contributed by atoms with Gasteiger partial charge in [-0.25, -0.2) is 0 Å². The van der Waals surface area contributed by atoms with Gasteiger partial charge in [-0.05, 0) is 6.42 Å². The second-order valence-corrected chi connectivity index (χ2v) is 3.98. The Morgan fingerprint density at radius 1 is 0.905 bits per heavy atom. The van der Waals surface area contributed by atoms with Gasteiger partial charge in [-0.15, -0.1) is 0 Å². The Bertz CT molecular complexity index is 332. The molecular formula is C13H22O8. The molecule has 0 aliphatic carbocycles. The Labute approximate surface area is 123 Å². The topological polar surface area (TPSA) is 116 Å². The molecule has 21 heavy (non-hydrogen) atoms. The predicted octanol–water partition coefficient (Wildman–Crippen LogP) is 0.915. The summed E-state index contributed by atoms with van der Waals surface area (Å²) in [6, 6.07) is 0. The summed E-state index contributed by atoms with van der Waals surface area (Å²) in [5.74, 6) is -2.22. The SMILES string of the molecule is CC(=O)OCC(COC(C)=O)OC(C)=O.CCCC(=O)O. The van der Waals surface area contributed by atoms with Gasteiger partial charge in [0.25, 0.3) is 0 Å². The van der Waals surface area contributed by atoms with Crippen molar-refractivity contribution in [3.05, 3.63) is 0 Å². The number of hydrogen-bond donors (Lipinski definition) is 1. The van der Waals surface area contributed by atoms with Gasteiger partial charge in [0.2, 0.25) is 0 Å². The number of carboxylic acids is 1. The third kappa shape index (κ3) is 20.4. The van der Waals surface area contributed by atoms with Crippen LogP contribution in [0.3, 0.4) is 0 Å². The zero-order valence-electron chi connectivity index (χ0n) is 12.7. The summed E-state index contributed by atoms with van der Waals surface area (Å²) in [4.78, 5) is 41.2. The van der Waals surface area contributed by atoms with Crippen molar-refractivity contribution in [2.45, 2.75) is 46.6 Å². The highest BCUT2D eigenvalue weighted by Crippen LogP contribution is 1.97. The smallest absolute Gasteiger partial charge is 0.303 e. The molecule has 8 heteroatoms. The molecule has 1 N–H and O–H groups in total. The molecule has 0 bridgehead atoms. The van der Waals surface area contributed by atoms with Gasteiger partial charge in [-0.1, -0.05) is 6.92 Å². The third-order valence-electron chi connectivity index (χ3n) is 1.74. The Balaban J connectivity index is 0. The fraction of sp³-hybridized carbons (Fsp3) is 0.692. The van der Waals surface area contributed by atoms with Crippen molar-refractivity contribution in [2.75, 3.05) is 13.2 Å². The summed E-state index contributed by atoms with van der Waals surface area (Å²) in [6.07, 6.45) is 0.269. The fourth-order valence-corrected chi connectivity index (χ4v) is 0.985. The van der Waals surface area contributed by atoms with Gasteiger partial charge in [0.15, 0.2) is 6.10 Å². The van der Waals surface area contributed by atoms with E-state index in [1.54, 1.807) is 0 Å². The van der Waals surface area contributed by atoms with Crippen molar-refractivity contribution >= 4 is 23.9 Å². The maximum Gasteiger partial charge on any atom is 0.303 e. The van der Waals surface area contributed by atoms with E-state index in [1.807, 2.05) is 6.92 Å². The first-order valence-corrected chi connectivity index (χ1v) is 6.34. The molecule has 0 saturated carbocycles. The summed E-state index contributed by atoms with van der Waals surface area (Å²) < 4.78 is 14.0. The van der Waals surface area contributed by atoms with Gasteiger partial charge in [-0.2, -0.15) is 0 Å². The molecule has 0 saturated heterocycles. The molecule has 0 heterocycles. The van der Waals surface area contributed by atoms with Crippen LogP contribution < -0.4 is 0 Å². The summed E-state index contributed by atoms with van der Waals surface area (Å²) in [5.41, 5.74) is 0. The largest absolute Gasteiger partial charge is 0.481 e. The van der Waals surface area contributed by atoms with Gasteiger partial charge in [-0.3, -0.25) is 19.2 Å². The number of aliphatic carboxylic acids is 1. The van der Waals surface area contributed by atoms with E-state index < -0.39 is 30.0 Å². The molecule has 0 fully saturated rings. The van der Waals surface area contributed by atoms with Crippen molar-refractivity contribution in [2.24, 2.45) is 0 Å². The molecule has 0 aliphatic rings. The van der Waals surface area contributed by atoms with Crippen LogP contribution in [0.5, 0.6) is 0 Å². The van der Waals surface area contributed by atoms with Crippen LogP contribution in [0, 0.1) is 0 Å². The molecular weight excluding hydrogens is 284 g/mol. The van der Waals surface area contributed by atoms with Crippen molar-refractivity contribution in [3.8, 4) is 0 Å². The van der Waals surface area contributed by atoms with Crippen LogP contribution >= 0.6 is 0 Å². The molecule has 0 amide bonds. The molecule has 0 aliphatic heterocycles. The minimum atomic E-state index is -0.754. The molecule has 0 spiro atoms. The van der Waals surface area contributed by atoms with Gasteiger partial charge >= 0.3 is 23.9 Å². The maximum absolute atomic E-state index is 10.6. The van der Waals surface area contributed by atoms with Crippen molar-refractivity contribution in [1.29, 1.82) is 0 Å². The zero-order chi connectivity index (χ0) is 16.8. The lowest BCUT2D eigenvalue weighted by atomic mass is 10.4. The van der Waals surface area contributed by atoms with E-state index in [1.165, 1.54) is 20.8 Å². The van der Waals surface area contributed by atoms with E-state index >= 15 is 0 Å². The molecule has 0 atom stereocenters. The summed E-state index contributed by atoms with van der Waals surface area (Å²) in [7, 11) is 0. The number of carbonyl (C=O) groups excluding carboxylic acids is 3. The number of hydrogen-bond acceptors (Lipinski definition) is 7. The molecule has 122 valence electrons. The second-order valence-electron chi connectivity index (χ2n) is 3.98. The minimum Gasteiger partial charge on any atom is -0.481 e. The average molecular weight is 306 g/mol. The van der Waals surface area contributed by atoms with Gasteiger partial charge in [0, 0.05) is 27.2 Å². The Hall–Kier alpha value is -2.12. The van der Waals surface area contributed by atoms with Crippen LogP contribution in [0.1, 0.15) is 40.5 Å². The number of carbonyl (C=O) groups is 4. The van der Waals surface area contributed by atoms with Crippen molar-refractivity contribution in [3.63, 3.8) is 0 Å². The van der Waals surface area contributed by atoms with E-state index in [9.17, 15) is 19.2 Å². The standard InChI is InChI=1S/C9H14O6.C4H8O2/c1-6(10)13-4-9(15-8(3)12)5-14-7(2)11;1-2-3-4(5)6/h9H,4-5H2,1-3H3;2-3H2,1H3,(H,5,6). The molecule has 0 radical (unpaired) electrons. The van der Waals surface area contributed by atoms with Gasteiger partial charge < -0.3 is 19.3 Å². The molecule has 0 aromatic carbocycles.